The number of hydrogen-bond donors (Lipinski definition) is 0. The van der Waals surface area contributed by atoms with Gasteiger partial charge in [0.15, 0.2) is 0 Å². The Hall–Kier alpha value is -2.16. The predicted molar refractivity (Wildman–Crippen MR) is 76.9 cm³/mol. The van der Waals surface area contributed by atoms with Crippen molar-refractivity contribution in [3.8, 4) is 0 Å². The Morgan fingerprint density at radius 2 is 1.68 bits per heavy atom. The van der Waals surface area contributed by atoms with Gasteiger partial charge in [-0.2, -0.15) is 0 Å². The summed E-state index contributed by atoms with van der Waals surface area (Å²) in [4.78, 5) is 0.666. The van der Waals surface area contributed by atoms with Crippen molar-refractivity contribution in [3.05, 3.63) is 65.4 Å². The zero-order valence-electron chi connectivity index (χ0n) is 11.1. The highest BCUT2D eigenvalue weighted by Crippen LogP contribution is 2.18. The second kappa shape index (κ2) is 6.69. The highest BCUT2D eigenvalue weighted by atomic mass is 16.5. The lowest BCUT2D eigenvalue weighted by Gasteiger charge is -2.02. The number of rotatable bonds is 5. The first-order valence-electron chi connectivity index (χ1n) is 6.62. The van der Waals surface area contributed by atoms with E-state index in [1.807, 2.05) is 42.5 Å². The molecular formula is C16H18N2O. The molecule has 0 amide bonds. The number of unbranched alkanes of at least 4 members (excludes halogenated alkanes) is 1. The van der Waals surface area contributed by atoms with Gasteiger partial charge < -0.3 is 5.21 Å². The first kappa shape index (κ1) is 13.3. The van der Waals surface area contributed by atoms with Crippen molar-refractivity contribution >= 4 is 11.4 Å². The summed E-state index contributed by atoms with van der Waals surface area (Å²) in [7, 11) is 0. The molecule has 0 bridgehead atoms. The van der Waals surface area contributed by atoms with E-state index in [1.54, 1.807) is 12.1 Å². The average Bonchev–Trinajstić information content (AvgIpc) is 2.46. The van der Waals surface area contributed by atoms with Gasteiger partial charge in [-0.3, -0.25) is 0 Å². The van der Waals surface area contributed by atoms with E-state index in [-0.39, 0.29) is 0 Å². The number of azo groups is 1. The lowest BCUT2D eigenvalue weighted by atomic mass is 10.1. The Morgan fingerprint density at radius 3 is 2.32 bits per heavy atom. The molecule has 0 atom stereocenters. The molecule has 0 heterocycles. The fraction of sp³-hybridized carbons (Fsp3) is 0.250. The number of hydrogen-bond acceptors (Lipinski definition) is 2. The summed E-state index contributed by atoms with van der Waals surface area (Å²) < 4.78 is 0. The lowest BCUT2D eigenvalue weighted by molar-refractivity contribution is -0.435. The van der Waals surface area contributed by atoms with Crippen molar-refractivity contribution in [2.75, 3.05) is 0 Å². The third kappa shape index (κ3) is 3.91. The lowest BCUT2D eigenvalue weighted by Crippen LogP contribution is -1.91. The Labute approximate surface area is 113 Å². The molecule has 0 N–H and O–H groups in total. The van der Waals surface area contributed by atoms with Gasteiger partial charge in [-0.1, -0.05) is 48.5 Å². The van der Waals surface area contributed by atoms with Crippen molar-refractivity contribution in [1.82, 2.24) is 0 Å². The summed E-state index contributed by atoms with van der Waals surface area (Å²) in [5, 5.41) is 15.9. The molecule has 0 radical (unpaired) electrons. The van der Waals surface area contributed by atoms with Gasteiger partial charge in [-0.25, -0.2) is 0 Å². The number of nitrogens with zero attached hydrogens (tertiary/aromatic N) is 2. The van der Waals surface area contributed by atoms with Crippen LogP contribution in [-0.2, 0) is 6.42 Å². The van der Waals surface area contributed by atoms with Crippen molar-refractivity contribution in [2.24, 2.45) is 5.11 Å². The molecule has 3 heteroatoms. The molecule has 0 saturated heterocycles. The second-order valence-electron chi connectivity index (χ2n) is 4.48. The molecule has 0 aromatic heterocycles. The molecule has 0 aliphatic carbocycles. The highest BCUT2D eigenvalue weighted by Gasteiger charge is 2.03. The minimum atomic E-state index is 0.559. The molecule has 98 valence electrons. The topological polar surface area (TPSA) is 38.4 Å². The summed E-state index contributed by atoms with van der Waals surface area (Å²) in [5.41, 5.74) is 2.48. The summed E-state index contributed by atoms with van der Waals surface area (Å²) in [6, 6.07) is 16.9. The van der Waals surface area contributed by atoms with Crippen LogP contribution in [0.1, 0.15) is 25.3 Å². The molecule has 2 aromatic rings. The average molecular weight is 254 g/mol. The monoisotopic (exact) mass is 254 g/mol. The van der Waals surface area contributed by atoms with Crippen LogP contribution in [0.15, 0.2) is 59.7 Å². The van der Waals surface area contributed by atoms with Gasteiger partial charge >= 0.3 is 0 Å². The maximum Gasteiger partial charge on any atom is 0.244 e. The van der Waals surface area contributed by atoms with E-state index in [9.17, 15) is 5.21 Å². The minimum Gasteiger partial charge on any atom is -0.594 e. The zero-order chi connectivity index (χ0) is 13.5. The third-order valence-corrected chi connectivity index (χ3v) is 2.94. The van der Waals surface area contributed by atoms with Crippen molar-refractivity contribution in [3.63, 3.8) is 0 Å². The van der Waals surface area contributed by atoms with Crippen LogP contribution in [0.3, 0.4) is 0 Å². The number of benzene rings is 2. The normalized spacial score (nSPS) is 11.5. The Kier molecular flexibility index (Phi) is 4.67. The zero-order valence-corrected chi connectivity index (χ0v) is 11.1. The van der Waals surface area contributed by atoms with E-state index in [4.69, 9.17) is 0 Å². The summed E-state index contributed by atoms with van der Waals surface area (Å²) >= 11 is 0. The smallest absolute Gasteiger partial charge is 0.244 e. The van der Waals surface area contributed by atoms with Crippen LogP contribution in [0.5, 0.6) is 0 Å². The molecule has 2 rings (SSSR count). The standard InChI is InChI=1S/C16H18N2O/c1-2-3-7-14-10-12-16(13-11-14)18(19)17-15-8-5-4-6-9-15/h4-6,8-13H,2-3,7H2,1H3. The molecule has 0 unspecified atom stereocenters. The molecule has 0 aliphatic rings. The van der Waals surface area contributed by atoms with Crippen LogP contribution in [-0.4, -0.2) is 4.86 Å². The first-order valence-corrected chi connectivity index (χ1v) is 6.62. The molecule has 0 saturated carbocycles. The van der Waals surface area contributed by atoms with Crippen LogP contribution < -0.4 is 0 Å². The van der Waals surface area contributed by atoms with E-state index in [0.717, 1.165) is 6.42 Å². The quantitative estimate of drug-likeness (QED) is 0.422. The molecular weight excluding hydrogens is 236 g/mol. The predicted octanol–water partition coefficient (Wildman–Crippen LogP) is 4.95. The molecule has 0 aliphatic heterocycles. The van der Waals surface area contributed by atoms with Crippen molar-refractivity contribution < 1.29 is 4.86 Å². The van der Waals surface area contributed by atoms with Crippen LogP contribution in [0, 0.1) is 5.21 Å². The van der Waals surface area contributed by atoms with Gasteiger partial charge in [0.25, 0.3) is 0 Å². The van der Waals surface area contributed by atoms with E-state index in [0.29, 0.717) is 16.2 Å². The van der Waals surface area contributed by atoms with Crippen molar-refractivity contribution in [1.29, 1.82) is 0 Å². The van der Waals surface area contributed by atoms with E-state index >= 15 is 0 Å². The van der Waals surface area contributed by atoms with Gasteiger partial charge in [-0.15, -0.1) is 0 Å². The Balaban J connectivity index is 2.11. The second-order valence-corrected chi connectivity index (χ2v) is 4.48. The van der Waals surface area contributed by atoms with Gasteiger partial charge in [0.2, 0.25) is 5.69 Å². The van der Waals surface area contributed by atoms with Gasteiger partial charge in [0.05, 0.1) is 0 Å². The molecule has 19 heavy (non-hydrogen) atoms. The maximum atomic E-state index is 11.9. The molecule has 0 fully saturated rings. The number of aryl methyl sites for hydroxylation is 1. The van der Waals surface area contributed by atoms with Crippen LogP contribution in [0.4, 0.5) is 11.4 Å². The molecule has 2 aromatic carbocycles. The fourth-order valence-corrected chi connectivity index (χ4v) is 1.83. The van der Waals surface area contributed by atoms with Crippen LogP contribution in [0.25, 0.3) is 0 Å². The summed E-state index contributed by atoms with van der Waals surface area (Å²) in [5.74, 6) is 0. The molecule has 3 nitrogen and oxygen atoms in total. The van der Waals surface area contributed by atoms with E-state index in [2.05, 4.69) is 12.0 Å². The maximum absolute atomic E-state index is 11.9. The van der Waals surface area contributed by atoms with Crippen molar-refractivity contribution in [2.45, 2.75) is 26.2 Å². The van der Waals surface area contributed by atoms with Crippen LogP contribution >= 0.6 is 0 Å². The SMILES string of the molecule is CCCCc1ccc([N+]([O-])=Nc2ccccc2)cc1. The van der Waals surface area contributed by atoms with E-state index in [1.165, 1.54) is 18.4 Å². The van der Waals surface area contributed by atoms with E-state index < -0.39 is 0 Å². The summed E-state index contributed by atoms with van der Waals surface area (Å²) in [6.45, 7) is 2.17. The largest absolute Gasteiger partial charge is 0.594 e. The fourth-order valence-electron chi connectivity index (χ4n) is 1.83. The van der Waals surface area contributed by atoms with Crippen LogP contribution in [0.2, 0.25) is 0 Å². The summed E-state index contributed by atoms with van der Waals surface area (Å²) in [6.07, 6.45) is 3.42. The van der Waals surface area contributed by atoms with Gasteiger partial charge in [0, 0.05) is 17.2 Å². The Bertz CT molecular complexity index is 532. The molecule has 0 spiro atoms. The van der Waals surface area contributed by atoms with Gasteiger partial charge in [0.1, 0.15) is 5.69 Å². The highest BCUT2D eigenvalue weighted by molar-refractivity contribution is 5.36. The Morgan fingerprint density at radius 1 is 1.00 bits per heavy atom. The third-order valence-electron chi connectivity index (χ3n) is 2.94. The van der Waals surface area contributed by atoms with Gasteiger partial charge in [-0.05, 0) is 30.5 Å². The first-order chi connectivity index (χ1) is 9.29. The minimum absolute atomic E-state index is 0.559.